The lowest BCUT2D eigenvalue weighted by molar-refractivity contribution is -0.137. The van der Waals surface area contributed by atoms with Crippen LogP contribution in [0.4, 0.5) is 13.2 Å². The van der Waals surface area contributed by atoms with Crippen LogP contribution in [-0.4, -0.2) is 19.1 Å². The molecule has 0 saturated heterocycles. The van der Waals surface area contributed by atoms with Crippen LogP contribution in [0.15, 0.2) is 212 Å². The third kappa shape index (κ3) is 7.04. The van der Waals surface area contributed by atoms with Crippen LogP contribution in [0, 0.1) is 22.7 Å². The van der Waals surface area contributed by atoms with Gasteiger partial charge in [0.05, 0.1) is 73.7 Å². The van der Waals surface area contributed by atoms with Gasteiger partial charge in [-0.15, -0.1) is 0 Å². The Morgan fingerprint density at radius 1 is 0.371 bits per heavy atom. The van der Waals surface area contributed by atoms with Crippen LogP contribution in [-0.2, 0) is 6.18 Å². The molecule has 9 aromatic carbocycles. The topological polar surface area (TPSA) is 83.2 Å². The fourth-order valence-corrected chi connectivity index (χ4v) is 9.86. The zero-order valence-electron chi connectivity index (χ0n) is 37.0. The van der Waals surface area contributed by atoms with E-state index in [-0.39, 0.29) is 22.3 Å². The normalized spacial score (nSPS) is 11.6. The number of alkyl halides is 3. The van der Waals surface area contributed by atoms with E-state index in [4.69, 9.17) is 9.97 Å². The van der Waals surface area contributed by atoms with Gasteiger partial charge in [-0.2, -0.15) is 23.7 Å². The molecule has 0 bridgehead atoms. The Hall–Kier alpha value is -9.57. The molecule has 3 aromatic heterocycles. The highest BCUT2D eigenvalue weighted by Crippen LogP contribution is 2.44. The van der Waals surface area contributed by atoms with E-state index in [1.54, 1.807) is 12.1 Å². The number of hydrogen-bond acceptors (Lipinski definition) is 4. The minimum absolute atomic E-state index is 0.114. The summed E-state index contributed by atoms with van der Waals surface area (Å²) >= 11 is 0. The molecule has 6 nitrogen and oxygen atoms in total. The standard InChI is InChI=1S/C61H35F3N6/c62-61(63,64)51-32-39(37-66)23-27-44(51)48-31-38(36-65)24-28-57(48)70-56-22-12-9-19-47(56)49-33-42(25-29-58(49)70)43-26-30-59(69-54-20-10-7-17-45(54)46-18-8-11-21-55(46)69)50(34-43)60-67-52(40-13-3-1-4-14-40)35-53(68-60)41-15-5-2-6-16-41/h1-35H. The van der Waals surface area contributed by atoms with Gasteiger partial charge in [0.15, 0.2) is 5.82 Å². The fourth-order valence-electron chi connectivity index (χ4n) is 9.86. The number of aromatic nitrogens is 4. The number of para-hydroxylation sites is 3. The van der Waals surface area contributed by atoms with Gasteiger partial charge in [-0.1, -0.05) is 133 Å². The first-order chi connectivity index (χ1) is 34.2. The zero-order valence-corrected chi connectivity index (χ0v) is 37.0. The van der Waals surface area contributed by atoms with Crippen LogP contribution in [0.2, 0.25) is 0 Å². The molecular formula is C61H35F3N6. The van der Waals surface area contributed by atoms with Crippen LogP contribution >= 0.6 is 0 Å². The predicted molar refractivity (Wildman–Crippen MR) is 272 cm³/mol. The summed E-state index contributed by atoms with van der Waals surface area (Å²) < 4.78 is 48.6. The second-order valence-corrected chi connectivity index (χ2v) is 17.1. The lowest BCUT2D eigenvalue weighted by Gasteiger charge is -2.19. The molecule has 70 heavy (non-hydrogen) atoms. The second kappa shape index (κ2) is 16.6. The number of rotatable bonds is 7. The van der Waals surface area contributed by atoms with Crippen molar-refractivity contribution in [3.8, 4) is 79.7 Å². The maximum Gasteiger partial charge on any atom is 0.417 e. The summed E-state index contributed by atoms with van der Waals surface area (Å²) in [6.07, 6.45) is -4.77. The minimum atomic E-state index is -4.77. The molecule has 0 aliphatic rings. The van der Waals surface area contributed by atoms with Crippen LogP contribution in [0.1, 0.15) is 16.7 Å². The van der Waals surface area contributed by atoms with Crippen molar-refractivity contribution in [2.24, 2.45) is 0 Å². The first-order valence-corrected chi connectivity index (χ1v) is 22.6. The van der Waals surface area contributed by atoms with Gasteiger partial charge in [-0.05, 0) is 95.6 Å². The zero-order chi connectivity index (χ0) is 47.5. The fraction of sp³-hybridized carbons (Fsp3) is 0.0164. The summed E-state index contributed by atoms with van der Waals surface area (Å²) in [5.41, 5.74) is 10.3. The molecule has 3 heterocycles. The molecule has 0 saturated carbocycles. The van der Waals surface area contributed by atoms with Gasteiger partial charge in [0.25, 0.3) is 0 Å². The van der Waals surface area contributed by atoms with Crippen molar-refractivity contribution in [3.63, 3.8) is 0 Å². The van der Waals surface area contributed by atoms with Gasteiger partial charge in [-0.3, -0.25) is 0 Å². The van der Waals surface area contributed by atoms with Crippen molar-refractivity contribution in [2.75, 3.05) is 0 Å². The Morgan fingerprint density at radius 2 is 0.829 bits per heavy atom. The first-order valence-electron chi connectivity index (χ1n) is 22.6. The summed E-state index contributed by atoms with van der Waals surface area (Å²) in [4.78, 5) is 10.7. The molecular weight excluding hydrogens is 874 g/mol. The molecule has 0 unspecified atom stereocenters. The van der Waals surface area contributed by atoms with Crippen molar-refractivity contribution < 1.29 is 13.2 Å². The van der Waals surface area contributed by atoms with Crippen molar-refractivity contribution in [1.29, 1.82) is 10.5 Å². The number of hydrogen-bond donors (Lipinski definition) is 0. The van der Waals surface area contributed by atoms with E-state index in [9.17, 15) is 23.7 Å². The monoisotopic (exact) mass is 908 g/mol. The predicted octanol–water partition coefficient (Wildman–Crippen LogP) is 15.8. The summed E-state index contributed by atoms with van der Waals surface area (Å²) in [6.45, 7) is 0. The summed E-state index contributed by atoms with van der Waals surface area (Å²) in [5.74, 6) is 0.547. The number of benzene rings is 9. The van der Waals surface area contributed by atoms with Gasteiger partial charge in [0, 0.05) is 43.8 Å². The molecule has 0 radical (unpaired) electrons. The van der Waals surface area contributed by atoms with Gasteiger partial charge in [-0.25, -0.2) is 9.97 Å². The SMILES string of the molecule is N#Cc1ccc(-n2c3ccccc3c3cc(-c4ccc(-n5c6ccccc6c6ccccc65)c(-c5nc(-c6ccccc6)cc(-c6ccccc6)n5)c4)ccc32)c(-c2ccc(C#N)cc2C(F)(F)F)c1. The number of nitriles is 2. The van der Waals surface area contributed by atoms with Crippen LogP contribution in [0.3, 0.4) is 0 Å². The van der Waals surface area contributed by atoms with Gasteiger partial charge >= 0.3 is 6.18 Å². The number of halogens is 3. The molecule has 330 valence electrons. The number of fused-ring (bicyclic) bond motifs is 6. The van der Waals surface area contributed by atoms with E-state index in [1.807, 2.05) is 89.5 Å². The Balaban J connectivity index is 1.10. The highest BCUT2D eigenvalue weighted by Gasteiger charge is 2.35. The molecule has 0 fully saturated rings. The Kier molecular flexibility index (Phi) is 9.94. The van der Waals surface area contributed by atoms with E-state index >= 15 is 0 Å². The Morgan fingerprint density at radius 3 is 1.40 bits per heavy atom. The number of nitrogens with zero attached hydrogens (tertiary/aromatic N) is 6. The van der Waals surface area contributed by atoms with Crippen LogP contribution < -0.4 is 0 Å². The van der Waals surface area contributed by atoms with Crippen LogP contribution in [0.25, 0.3) is 111 Å². The van der Waals surface area contributed by atoms with E-state index in [2.05, 4.69) is 108 Å². The summed E-state index contributed by atoms with van der Waals surface area (Å²) in [7, 11) is 0. The molecule has 0 aliphatic carbocycles. The minimum Gasteiger partial charge on any atom is -0.309 e. The van der Waals surface area contributed by atoms with Gasteiger partial charge in [0.2, 0.25) is 0 Å². The van der Waals surface area contributed by atoms with Gasteiger partial charge < -0.3 is 9.13 Å². The molecule has 0 amide bonds. The average Bonchev–Trinajstić information content (AvgIpc) is 3.93. The maximum atomic E-state index is 14.8. The highest BCUT2D eigenvalue weighted by atomic mass is 19.4. The van der Waals surface area contributed by atoms with E-state index in [1.165, 1.54) is 18.2 Å². The van der Waals surface area contributed by atoms with Crippen molar-refractivity contribution >= 4 is 43.6 Å². The van der Waals surface area contributed by atoms with E-state index in [0.29, 0.717) is 11.5 Å². The van der Waals surface area contributed by atoms with Crippen molar-refractivity contribution in [1.82, 2.24) is 19.1 Å². The maximum absolute atomic E-state index is 14.8. The third-order valence-corrected chi connectivity index (χ3v) is 13.0. The van der Waals surface area contributed by atoms with Crippen molar-refractivity contribution in [3.05, 3.63) is 229 Å². The third-order valence-electron chi connectivity index (χ3n) is 13.0. The molecule has 0 atom stereocenters. The summed E-state index contributed by atoms with van der Waals surface area (Å²) in [5, 5.41) is 23.6. The smallest absolute Gasteiger partial charge is 0.309 e. The van der Waals surface area contributed by atoms with Crippen LogP contribution in [0.5, 0.6) is 0 Å². The molecule has 12 aromatic rings. The first kappa shape index (κ1) is 41.8. The van der Waals surface area contributed by atoms with Crippen molar-refractivity contribution in [2.45, 2.75) is 6.18 Å². The average molecular weight is 909 g/mol. The van der Waals surface area contributed by atoms with E-state index in [0.717, 1.165) is 94.6 Å². The Labute approximate surface area is 399 Å². The van der Waals surface area contributed by atoms with Gasteiger partial charge in [0.1, 0.15) is 0 Å². The molecule has 0 spiro atoms. The molecule has 0 aliphatic heterocycles. The lowest BCUT2D eigenvalue weighted by Crippen LogP contribution is -2.09. The quantitative estimate of drug-likeness (QED) is 0.159. The lowest BCUT2D eigenvalue weighted by atomic mass is 9.94. The largest absolute Gasteiger partial charge is 0.417 e. The highest BCUT2D eigenvalue weighted by molar-refractivity contribution is 6.12. The molecule has 9 heteroatoms. The Bertz CT molecular complexity index is 4030. The summed E-state index contributed by atoms with van der Waals surface area (Å²) in [6, 6.07) is 71.7. The molecule has 0 N–H and O–H groups in total. The molecule has 12 rings (SSSR count). The second-order valence-electron chi connectivity index (χ2n) is 17.1. The van der Waals surface area contributed by atoms with E-state index < -0.39 is 11.7 Å².